The van der Waals surface area contributed by atoms with Gasteiger partial charge >= 0.3 is 0 Å². The molecule has 1 N–H and O–H groups in total. The Labute approximate surface area is 166 Å². The second kappa shape index (κ2) is 7.82. The highest BCUT2D eigenvalue weighted by molar-refractivity contribution is 7.15. The van der Waals surface area contributed by atoms with Crippen LogP contribution in [-0.4, -0.2) is 27.1 Å². The molecule has 4 rings (SSSR count). The molecule has 28 heavy (non-hydrogen) atoms. The minimum atomic E-state index is -0.291. The molecule has 6 nitrogen and oxygen atoms in total. The Hall–Kier alpha value is -3.19. The number of rotatable bonds is 6. The van der Waals surface area contributed by atoms with E-state index in [1.165, 1.54) is 16.9 Å². The van der Waals surface area contributed by atoms with Gasteiger partial charge in [-0.15, -0.1) is 16.4 Å². The number of carbonyl (C=O) groups excluding carboxylic acids is 1. The Morgan fingerprint density at radius 1 is 1.18 bits per heavy atom. The maximum absolute atomic E-state index is 12.3. The van der Waals surface area contributed by atoms with Crippen molar-refractivity contribution in [1.29, 1.82) is 0 Å². The Morgan fingerprint density at radius 3 is 2.75 bits per heavy atom. The first-order chi connectivity index (χ1) is 13.6. The average Bonchev–Trinajstić information content (AvgIpc) is 3.27. The zero-order valence-electron chi connectivity index (χ0n) is 15.7. The normalized spacial score (nSPS) is 10.9. The van der Waals surface area contributed by atoms with Crippen LogP contribution in [-0.2, 0) is 11.2 Å². The van der Waals surface area contributed by atoms with Crippen LogP contribution < -0.4 is 10.1 Å². The number of nitrogens with zero attached hydrogens (tertiary/aromatic N) is 3. The summed E-state index contributed by atoms with van der Waals surface area (Å²) in [6.07, 6.45) is 0.846. The molecule has 0 aliphatic heterocycles. The number of para-hydroxylation sites is 1. The zero-order chi connectivity index (χ0) is 19.5. The van der Waals surface area contributed by atoms with E-state index in [0.717, 1.165) is 34.0 Å². The molecule has 0 saturated heterocycles. The van der Waals surface area contributed by atoms with E-state index >= 15 is 0 Å². The summed E-state index contributed by atoms with van der Waals surface area (Å²) < 4.78 is 7.40. The molecule has 7 heteroatoms. The number of nitrogens with one attached hydrogen (secondary N) is 1. The second-order valence-corrected chi connectivity index (χ2v) is 7.25. The van der Waals surface area contributed by atoms with Crippen LogP contribution >= 0.6 is 11.3 Å². The molecule has 2 heterocycles. The maximum Gasteiger partial charge on any atom is 0.264 e. The van der Waals surface area contributed by atoms with Crippen LogP contribution in [0.1, 0.15) is 18.1 Å². The van der Waals surface area contributed by atoms with Crippen molar-refractivity contribution in [1.82, 2.24) is 14.6 Å². The average molecular weight is 392 g/mol. The second-order valence-electron chi connectivity index (χ2n) is 6.41. The lowest BCUT2D eigenvalue weighted by atomic mass is 10.1. The molecule has 142 valence electrons. The van der Waals surface area contributed by atoms with Gasteiger partial charge in [0, 0.05) is 10.9 Å². The third-order valence-electron chi connectivity index (χ3n) is 4.39. The minimum Gasteiger partial charge on any atom is -0.483 e. The van der Waals surface area contributed by atoms with Gasteiger partial charge in [0.15, 0.2) is 6.61 Å². The standard InChI is InChI=1S/C21H20N4O2S/c1-3-15-6-4-5-7-18(15)27-12-19(26)22-20-23-21-25(24-20)17(13-28-21)16-10-8-14(2)9-11-16/h4-11,13H,3,12H2,1-2H3,(H,22,24,26). The molecule has 0 radical (unpaired) electrons. The van der Waals surface area contributed by atoms with Crippen molar-refractivity contribution in [3.8, 4) is 17.0 Å². The van der Waals surface area contributed by atoms with E-state index in [-0.39, 0.29) is 18.5 Å². The molecule has 4 aromatic rings. The van der Waals surface area contributed by atoms with Crippen molar-refractivity contribution in [3.05, 3.63) is 65.0 Å². The van der Waals surface area contributed by atoms with Gasteiger partial charge in [-0.2, -0.15) is 4.98 Å². The summed E-state index contributed by atoms with van der Waals surface area (Å²) in [5.41, 5.74) is 4.27. The smallest absolute Gasteiger partial charge is 0.264 e. The third-order valence-corrected chi connectivity index (χ3v) is 5.21. The summed E-state index contributed by atoms with van der Waals surface area (Å²) in [6.45, 7) is 4.02. The summed E-state index contributed by atoms with van der Waals surface area (Å²) in [5.74, 6) is 0.708. The first-order valence-electron chi connectivity index (χ1n) is 9.06. The van der Waals surface area contributed by atoms with Gasteiger partial charge in [0.1, 0.15) is 5.75 Å². The largest absolute Gasteiger partial charge is 0.483 e. The van der Waals surface area contributed by atoms with Crippen molar-refractivity contribution in [2.45, 2.75) is 20.3 Å². The first-order valence-corrected chi connectivity index (χ1v) is 9.94. The number of hydrogen-bond donors (Lipinski definition) is 1. The van der Waals surface area contributed by atoms with Crippen LogP contribution in [0.4, 0.5) is 5.95 Å². The molecule has 0 fully saturated rings. The van der Waals surface area contributed by atoms with E-state index in [4.69, 9.17) is 4.74 Å². The fourth-order valence-electron chi connectivity index (χ4n) is 2.90. The van der Waals surface area contributed by atoms with Crippen LogP contribution in [0.3, 0.4) is 0 Å². The van der Waals surface area contributed by atoms with Crippen LogP contribution in [0.15, 0.2) is 53.9 Å². The fraction of sp³-hybridized carbons (Fsp3) is 0.190. The molecular weight excluding hydrogens is 372 g/mol. The summed E-state index contributed by atoms with van der Waals surface area (Å²) in [4.78, 5) is 17.4. The van der Waals surface area contributed by atoms with Gasteiger partial charge in [-0.3, -0.25) is 10.1 Å². The predicted octanol–water partition coefficient (Wildman–Crippen LogP) is 4.35. The number of benzene rings is 2. The molecule has 0 spiro atoms. The molecular formula is C21H20N4O2S. The highest BCUT2D eigenvalue weighted by Crippen LogP contribution is 2.26. The molecule has 0 bridgehead atoms. The molecule has 0 aliphatic rings. The van der Waals surface area contributed by atoms with Gasteiger partial charge < -0.3 is 4.74 Å². The molecule has 2 aromatic carbocycles. The van der Waals surface area contributed by atoms with Crippen molar-refractivity contribution >= 4 is 28.2 Å². The quantitative estimate of drug-likeness (QED) is 0.530. The van der Waals surface area contributed by atoms with Crippen molar-refractivity contribution in [3.63, 3.8) is 0 Å². The molecule has 0 aliphatic carbocycles. The van der Waals surface area contributed by atoms with Gasteiger partial charge in [-0.25, -0.2) is 4.52 Å². The zero-order valence-corrected chi connectivity index (χ0v) is 16.5. The molecule has 0 saturated carbocycles. The highest BCUT2D eigenvalue weighted by atomic mass is 32.1. The number of anilines is 1. The Morgan fingerprint density at radius 2 is 1.96 bits per heavy atom. The highest BCUT2D eigenvalue weighted by Gasteiger charge is 2.14. The maximum atomic E-state index is 12.3. The van der Waals surface area contributed by atoms with Crippen LogP contribution in [0.25, 0.3) is 16.2 Å². The summed E-state index contributed by atoms with van der Waals surface area (Å²) in [5, 5.41) is 9.15. The van der Waals surface area contributed by atoms with Crippen LogP contribution in [0.5, 0.6) is 5.75 Å². The number of hydrogen-bond acceptors (Lipinski definition) is 5. The monoisotopic (exact) mass is 392 g/mol. The van der Waals surface area contributed by atoms with Gasteiger partial charge in [-0.05, 0) is 25.0 Å². The lowest BCUT2D eigenvalue weighted by Crippen LogP contribution is -2.21. The van der Waals surface area contributed by atoms with Crippen LogP contribution in [0.2, 0.25) is 0 Å². The van der Waals surface area contributed by atoms with E-state index in [9.17, 15) is 4.79 Å². The molecule has 0 atom stereocenters. The molecule has 2 aromatic heterocycles. The third kappa shape index (κ3) is 3.75. The summed E-state index contributed by atoms with van der Waals surface area (Å²) >= 11 is 1.48. The van der Waals surface area contributed by atoms with E-state index in [1.807, 2.05) is 29.6 Å². The number of aryl methyl sites for hydroxylation is 2. The SMILES string of the molecule is CCc1ccccc1OCC(=O)Nc1nc2scc(-c3ccc(C)cc3)n2n1. The number of aromatic nitrogens is 3. The molecule has 0 unspecified atom stereocenters. The van der Waals surface area contributed by atoms with Crippen molar-refractivity contribution < 1.29 is 9.53 Å². The van der Waals surface area contributed by atoms with Crippen molar-refractivity contribution in [2.75, 3.05) is 11.9 Å². The van der Waals surface area contributed by atoms with Gasteiger partial charge in [-0.1, -0.05) is 55.0 Å². The van der Waals surface area contributed by atoms with E-state index in [1.54, 1.807) is 4.52 Å². The fourth-order valence-corrected chi connectivity index (χ4v) is 3.73. The number of ether oxygens (including phenoxy) is 1. The van der Waals surface area contributed by atoms with E-state index < -0.39 is 0 Å². The minimum absolute atomic E-state index is 0.0886. The number of thiazole rings is 1. The Kier molecular flexibility index (Phi) is 5.08. The van der Waals surface area contributed by atoms with Gasteiger partial charge in [0.2, 0.25) is 4.96 Å². The first kappa shape index (κ1) is 18.2. The molecule has 1 amide bonds. The number of amides is 1. The summed E-state index contributed by atoms with van der Waals surface area (Å²) in [7, 11) is 0. The topological polar surface area (TPSA) is 68.5 Å². The lowest BCUT2D eigenvalue weighted by Gasteiger charge is -2.09. The lowest BCUT2D eigenvalue weighted by molar-refractivity contribution is -0.118. The Balaban J connectivity index is 1.46. The van der Waals surface area contributed by atoms with E-state index in [2.05, 4.69) is 53.5 Å². The number of fused-ring (bicyclic) bond motifs is 1. The van der Waals surface area contributed by atoms with Gasteiger partial charge in [0.05, 0.1) is 5.69 Å². The summed E-state index contributed by atoms with van der Waals surface area (Å²) in [6, 6.07) is 15.9. The van der Waals surface area contributed by atoms with Crippen LogP contribution in [0, 0.1) is 6.92 Å². The predicted molar refractivity (Wildman–Crippen MR) is 111 cm³/mol. The Bertz CT molecular complexity index is 1120. The van der Waals surface area contributed by atoms with E-state index in [0.29, 0.717) is 0 Å². The van der Waals surface area contributed by atoms with Crippen molar-refractivity contribution in [2.24, 2.45) is 0 Å². The van der Waals surface area contributed by atoms with Gasteiger partial charge in [0.25, 0.3) is 11.9 Å². The number of carbonyl (C=O) groups is 1.